The molecule has 0 fully saturated rings. The van der Waals surface area contributed by atoms with Gasteiger partial charge in [-0.2, -0.15) is 0 Å². The molecule has 0 heterocycles. The summed E-state index contributed by atoms with van der Waals surface area (Å²) in [5.41, 5.74) is 0. The minimum absolute atomic E-state index is 0. The third kappa shape index (κ3) is 5520. The fourth-order valence-electron chi connectivity index (χ4n) is 0. The third-order valence-corrected chi connectivity index (χ3v) is 0. The van der Waals surface area contributed by atoms with Crippen molar-refractivity contribution in [2.24, 2.45) is 0 Å². The predicted octanol–water partition coefficient (Wildman–Crippen LogP) is -0.191. The van der Waals surface area contributed by atoms with E-state index < -0.39 is 0 Å². The summed E-state index contributed by atoms with van der Waals surface area (Å²) in [6.07, 6.45) is 0. The van der Waals surface area contributed by atoms with Crippen LogP contribution < -0.4 is 0 Å². The monoisotopic (exact) mass is 118 g/mol. The summed E-state index contributed by atoms with van der Waals surface area (Å²) >= 11 is 0. The van der Waals surface area contributed by atoms with Crippen molar-refractivity contribution in [3.63, 3.8) is 0 Å². The molecule has 0 aliphatic carbocycles. The molecule has 28 valence electrons. The Kier molecular flexibility index (Phi) is 72700. The van der Waals surface area contributed by atoms with Gasteiger partial charge in [0.25, 0.3) is 0 Å². The summed E-state index contributed by atoms with van der Waals surface area (Å²) in [5, 5.41) is 12.5. The number of rotatable bonds is 0. The van der Waals surface area contributed by atoms with Gasteiger partial charge in [-0.15, -0.1) is 0 Å². The third-order valence-electron chi connectivity index (χ3n) is 0. The Bertz CT molecular complexity index is 27.0. The van der Waals surface area contributed by atoms with E-state index in [1.54, 1.807) is 0 Å². The molecule has 2 nitrogen and oxygen atoms in total. The van der Waals surface area contributed by atoms with E-state index in [0.717, 1.165) is 0 Å². The van der Waals surface area contributed by atoms with Crippen LogP contribution in [0.5, 0.6) is 0 Å². The quantitative estimate of drug-likeness (QED) is 0.327. The molecule has 0 unspecified atom stereocenters. The van der Waals surface area contributed by atoms with E-state index in [2.05, 4.69) is 0 Å². The standard InChI is InChI=1S/2CN.Co.Li/c2*1-2;;/q2*-1;+2;. The van der Waals surface area contributed by atoms with Crippen LogP contribution in [0.3, 0.4) is 0 Å². The summed E-state index contributed by atoms with van der Waals surface area (Å²) < 4.78 is 0. The van der Waals surface area contributed by atoms with Crippen LogP contribution in [0.4, 0.5) is 0 Å². The Morgan fingerprint density at radius 2 is 0.833 bits per heavy atom. The predicted molar refractivity (Wildman–Crippen MR) is 15.7 cm³/mol. The summed E-state index contributed by atoms with van der Waals surface area (Å²) in [6.45, 7) is 9.50. The van der Waals surface area contributed by atoms with Crippen LogP contribution in [-0.4, -0.2) is 18.9 Å². The van der Waals surface area contributed by atoms with Crippen molar-refractivity contribution in [2.45, 2.75) is 0 Å². The molecule has 6 heavy (non-hydrogen) atoms. The number of nitrogens with zero attached hydrogens (tertiary/aromatic N) is 2. The fraction of sp³-hybridized carbons (Fsp3) is 0. The molecule has 0 aliphatic rings. The van der Waals surface area contributed by atoms with Crippen LogP contribution in [0.25, 0.3) is 0 Å². The van der Waals surface area contributed by atoms with Gasteiger partial charge >= 0.3 is 16.8 Å². The molecule has 0 aromatic heterocycles. The van der Waals surface area contributed by atoms with E-state index in [0.29, 0.717) is 0 Å². The van der Waals surface area contributed by atoms with Gasteiger partial charge in [-0.25, -0.2) is 0 Å². The zero-order valence-electron chi connectivity index (χ0n) is 3.23. The van der Waals surface area contributed by atoms with Crippen molar-refractivity contribution < 1.29 is 16.8 Å². The Hall–Kier alpha value is 0.0839. The van der Waals surface area contributed by atoms with Gasteiger partial charge in [-0.05, 0) is 0 Å². The average Bonchev–Trinajstić information content (AvgIpc) is 1.50. The number of hydrogen-bond donors (Lipinski definition) is 0. The van der Waals surface area contributed by atoms with Gasteiger partial charge in [0.05, 0.1) is 0 Å². The maximum Gasteiger partial charge on any atom is 2.00 e. The normalized spacial score (nSPS) is 0.667. The Morgan fingerprint density at radius 1 is 0.833 bits per heavy atom. The molecule has 0 rings (SSSR count). The first kappa shape index (κ1) is 36.2. The molecule has 0 N–H and O–H groups in total. The van der Waals surface area contributed by atoms with Gasteiger partial charge in [-0.1, -0.05) is 0 Å². The van der Waals surface area contributed by atoms with E-state index in [9.17, 15) is 0 Å². The SMILES string of the molecule is [C-]#N.[C-]#N.[Co+2].[Li]. The largest absolute Gasteiger partial charge is 2.00 e. The number of hydrogen-bond acceptors (Lipinski definition) is 2. The van der Waals surface area contributed by atoms with Crippen LogP contribution in [0.1, 0.15) is 0 Å². The molecule has 0 aliphatic heterocycles. The average molecular weight is 118 g/mol. The second kappa shape index (κ2) is 12000. The minimum Gasteiger partial charge on any atom is -0.512 e. The van der Waals surface area contributed by atoms with Gasteiger partial charge in [0.15, 0.2) is 0 Å². The molecule has 0 bridgehead atoms. The topological polar surface area (TPSA) is 47.6 Å². The van der Waals surface area contributed by atoms with Crippen LogP contribution in [0, 0.1) is 23.7 Å². The molecule has 4 heteroatoms. The zero-order valence-corrected chi connectivity index (χ0v) is 4.27. The molecule has 0 saturated carbocycles. The first-order valence-corrected chi connectivity index (χ1v) is 0.447. The summed E-state index contributed by atoms with van der Waals surface area (Å²) in [6, 6.07) is 0. The Balaban J connectivity index is -0.00000000500. The van der Waals surface area contributed by atoms with Crippen molar-refractivity contribution in [1.29, 1.82) is 10.5 Å². The molecule has 2 radical (unpaired) electrons. The van der Waals surface area contributed by atoms with Gasteiger partial charge in [-0.3, -0.25) is 0 Å². The molecule has 0 atom stereocenters. The van der Waals surface area contributed by atoms with Crippen molar-refractivity contribution >= 4 is 18.9 Å². The first-order chi connectivity index (χ1) is 2.00. The summed E-state index contributed by atoms with van der Waals surface area (Å²) in [4.78, 5) is 0. The zero-order chi connectivity index (χ0) is 4.00. The van der Waals surface area contributed by atoms with Gasteiger partial charge in [0.2, 0.25) is 0 Å². The first-order valence-electron chi connectivity index (χ1n) is 0.447. The summed E-state index contributed by atoms with van der Waals surface area (Å²) in [7, 11) is 0. The smallest absolute Gasteiger partial charge is 0.512 e. The second-order valence-corrected chi connectivity index (χ2v) is 0. The van der Waals surface area contributed by atoms with Gasteiger partial charge in [0, 0.05) is 18.9 Å². The van der Waals surface area contributed by atoms with Crippen LogP contribution in [-0.2, 0) is 16.8 Å². The fourth-order valence-corrected chi connectivity index (χ4v) is 0. The van der Waals surface area contributed by atoms with E-state index in [1.807, 2.05) is 0 Å². The minimum atomic E-state index is 0. The summed E-state index contributed by atoms with van der Waals surface area (Å²) in [5.74, 6) is 0. The molecular formula is C2CoLiN2. The van der Waals surface area contributed by atoms with Crippen LogP contribution >= 0.6 is 0 Å². The van der Waals surface area contributed by atoms with Gasteiger partial charge in [0.1, 0.15) is 0 Å². The Labute approximate surface area is 59.5 Å². The maximum absolute atomic E-state index is 6.25. The van der Waals surface area contributed by atoms with E-state index >= 15 is 0 Å². The Morgan fingerprint density at radius 3 is 0.833 bits per heavy atom. The van der Waals surface area contributed by atoms with Gasteiger partial charge < -0.3 is 23.7 Å². The van der Waals surface area contributed by atoms with Crippen molar-refractivity contribution in [3.05, 3.63) is 13.1 Å². The molecule has 0 saturated heterocycles. The second-order valence-electron chi connectivity index (χ2n) is 0. The van der Waals surface area contributed by atoms with E-state index in [4.69, 9.17) is 23.7 Å². The molecular weight excluding hydrogens is 118 g/mol. The molecule has 0 aromatic rings. The van der Waals surface area contributed by atoms with Crippen LogP contribution in [0.2, 0.25) is 0 Å². The maximum atomic E-state index is 6.25. The van der Waals surface area contributed by atoms with E-state index in [-0.39, 0.29) is 35.6 Å². The van der Waals surface area contributed by atoms with E-state index in [1.165, 1.54) is 0 Å². The molecule has 0 amide bonds. The molecule has 0 aromatic carbocycles. The van der Waals surface area contributed by atoms with Crippen molar-refractivity contribution in [3.8, 4) is 0 Å². The van der Waals surface area contributed by atoms with Crippen LogP contribution in [0.15, 0.2) is 0 Å². The van der Waals surface area contributed by atoms with Crippen molar-refractivity contribution in [2.75, 3.05) is 0 Å². The van der Waals surface area contributed by atoms with Crippen molar-refractivity contribution in [1.82, 2.24) is 0 Å². The molecule has 0 spiro atoms.